The van der Waals surface area contributed by atoms with Gasteiger partial charge in [0.05, 0.1) is 13.1 Å². The Labute approximate surface area is 232 Å². The van der Waals surface area contributed by atoms with Gasteiger partial charge in [0.25, 0.3) is 5.91 Å². The van der Waals surface area contributed by atoms with Gasteiger partial charge in [0, 0.05) is 14.2 Å². The van der Waals surface area contributed by atoms with Gasteiger partial charge in [-0.3, -0.25) is 4.79 Å². The van der Waals surface area contributed by atoms with Crippen LogP contribution in [-0.4, -0.2) is 116 Å². The van der Waals surface area contributed by atoms with Gasteiger partial charge in [-0.1, -0.05) is 0 Å². The summed E-state index contributed by atoms with van der Waals surface area (Å²) in [4.78, 5) is 39.0. The molecule has 40 heavy (non-hydrogen) atoms. The lowest BCUT2D eigenvalue weighted by atomic mass is 9.91. The first-order valence-electron chi connectivity index (χ1n) is 13.0. The van der Waals surface area contributed by atoms with Crippen LogP contribution in [0.5, 0.6) is 0 Å². The summed E-state index contributed by atoms with van der Waals surface area (Å²) >= 11 is 0. The topological polar surface area (TPSA) is 179 Å². The maximum Gasteiger partial charge on any atom is 0.407 e. The van der Waals surface area contributed by atoms with Crippen molar-refractivity contribution >= 4 is 18.0 Å². The number of aliphatic carboxylic acids is 1. The van der Waals surface area contributed by atoms with E-state index in [2.05, 4.69) is 10.6 Å². The third kappa shape index (κ3) is 5.53. The Kier molecular flexibility index (Phi) is 7.95. The summed E-state index contributed by atoms with van der Waals surface area (Å²) in [6, 6.07) is 0. The molecule has 15 nitrogen and oxygen atoms in total. The van der Waals surface area contributed by atoms with Gasteiger partial charge in [-0.05, 0) is 48.5 Å². The molecule has 8 atom stereocenters. The molecule has 4 aliphatic heterocycles. The highest BCUT2D eigenvalue weighted by Crippen LogP contribution is 2.45. The van der Waals surface area contributed by atoms with Crippen LogP contribution < -0.4 is 10.6 Å². The van der Waals surface area contributed by atoms with Gasteiger partial charge in [0.15, 0.2) is 29.8 Å². The molecule has 0 unspecified atom stereocenters. The van der Waals surface area contributed by atoms with E-state index < -0.39 is 96.4 Å². The van der Waals surface area contributed by atoms with Crippen LogP contribution in [0.2, 0.25) is 0 Å². The van der Waals surface area contributed by atoms with Crippen molar-refractivity contribution in [2.45, 2.75) is 114 Å². The lowest BCUT2D eigenvalue weighted by Gasteiger charge is -2.37. The van der Waals surface area contributed by atoms with E-state index >= 15 is 0 Å². The van der Waals surface area contributed by atoms with Crippen LogP contribution in [-0.2, 0) is 52.2 Å². The molecule has 3 N–H and O–H groups in total. The van der Waals surface area contributed by atoms with Gasteiger partial charge < -0.3 is 58.4 Å². The number of carbonyl (C=O) groups is 3. The highest BCUT2D eigenvalue weighted by atomic mass is 16.9. The fraction of sp³-hybridized carbons (Fsp3) is 0.880. The quantitative estimate of drug-likeness (QED) is 0.358. The van der Waals surface area contributed by atoms with Crippen LogP contribution >= 0.6 is 0 Å². The highest BCUT2D eigenvalue weighted by Gasteiger charge is 2.68. The van der Waals surface area contributed by atoms with Gasteiger partial charge in [-0.2, -0.15) is 0 Å². The lowest BCUT2D eigenvalue weighted by molar-refractivity contribution is -0.245. The minimum Gasteiger partial charge on any atom is -0.479 e. The summed E-state index contributed by atoms with van der Waals surface area (Å²) in [7, 11) is 2.67. The number of carbonyl (C=O) groups excluding carboxylic acids is 2. The first kappa shape index (κ1) is 30.8. The predicted octanol–water partition coefficient (Wildman–Crippen LogP) is 0.235. The minimum atomic E-state index is -2.07. The molecule has 0 aliphatic carbocycles. The number of hydrogen-bond acceptors (Lipinski definition) is 12. The molecule has 4 fully saturated rings. The van der Waals surface area contributed by atoms with Gasteiger partial charge in [0.2, 0.25) is 5.60 Å². The molecule has 0 aromatic rings. The Morgan fingerprint density at radius 2 is 1.20 bits per heavy atom. The van der Waals surface area contributed by atoms with E-state index in [4.69, 9.17) is 42.6 Å². The normalized spacial score (nSPS) is 39.4. The minimum absolute atomic E-state index is 0.410. The number of nitrogens with one attached hydrogen (secondary N) is 2. The number of methoxy groups -OCH3 is 2. The van der Waals surface area contributed by atoms with Crippen molar-refractivity contribution in [1.29, 1.82) is 0 Å². The molecule has 4 aliphatic rings. The fourth-order valence-electron chi connectivity index (χ4n) is 5.51. The monoisotopic (exact) mass is 576 g/mol. The maximum atomic E-state index is 13.9. The molecule has 4 saturated heterocycles. The molecule has 0 saturated carbocycles. The number of carboxylic acid groups (broad SMARTS) is 1. The van der Waals surface area contributed by atoms with Gasteiger partial charge >= 0.3 is 12.1 Å². The molecule has 0 radical (unpaired) electrons. The van der Waals surface area contributed by atoms with Crippen molar-refractivity contribution in [3.05, 3.63) is 0 Å². The van der Waals surface area contributed by atoms with Crippen molar-refractivity contribution in [2.24, 2.45) is 0 Å². The number of ether oxygens (including phenoxy) is 9. The highest BCUT2D eigenvalue weighted by molar-refractivity contribution is 5.89. The Balaban J connectivity index is 1.58. The van der Waals surface area contributed by atoms with Crippen molar-refractivity contribution in [1.82, 2.24) is 10.6 Å². The zero-order valence-electron chi connectivity index (χ0n) is 24.2. The SMILES string of the molecule is CO[C@@H]1[C@H]2OC(C)(C)O[C@H]2O[C@]1(CNC(=O)[C@@]1(CNC(=O)OC(C)(C)C)O[C@@H]2OC(C)(C)O[C@@H]2[C@H]1OC)C(=O)O. The van der Waals surface area contributed by atoms with E-state index in [-0.39, 0.29) is 0 Å². The van der Waals surface area contributed by atoms with E-state index in [0.29, 0.717) is 0 Å². The van der Waals surface area contributed by atoms with Crippen molar-refractivity contribution < 1.29 is 62.1 Å². The summed E-state index contributed by atoms with van der Waals surface area (Å²) in [6.07, 6.45) is -6.77. The van der Waals surface area contributed by atoms with E-state index in [9.17, 15) is 19.5 Å². The molecule has 15 heteroatoms. The van der Waals surface area contributed by atoms with Crippen molar-refractivity contribution in [2.75, 3.05) is 27.3 Å². The standard InChI is InChI=1S/C25H40N2O13/c1-21(2,3)40-20(31)27-10-24(14(32-8)12-16(38-24)36-22(4,5)34-12)18(28)26-11-25(19(29)30)15(33-9)13-17(39-25)37-23(6,7)35-13/h12-17H,10-11H2,1-9H3,(H,26,28)(H,27,31)(H,29,30)/t12-,13-,14-,15-,16+,17+,24+,25+/m1/s1. The Bertz CT molecular complexity index is 1010. The number of fused-ring (bicyclic) bond motifs is 2. The van der Waals surface area contributed by atoms with E-state index in [0.717, 1.165) is 0 Å². The molecule has 0 aromatic heterocycles. The Morgan fingerprint density at radius 1 is 0.750 bits per heavy atom. The molecule has 0 aromatic carbocycles. The second-order valence-electron chi connectivity index (χ2n) is 12.1. The average molecular weight is 577 g/mol. The Hall–Kier alpha value is -2.11. The number of hydrogen-bond donors (Lipinski definition) is 3. The van der Waals surface area contributed by atoms with Crippen LogP contribution in [0.1, 0.15) is 48.5 Å². The zero-order valence-corrected chi connectivity index (χ0v) is 24.2. The van der Waals surface area contributed by atoms with Crippen LogP contribution in [0.25, 0.3) is 0 Å². The molecular formula is C25H40N2O13. The fourth-order valence-corrected chi connectivity index (χ4v) is 5.51. The summed E-state index contributed by atoms with van der Waals surface area (Å²) in [5, 5.41) is 15.4. The number of carboxylic acids is 1. The summed E-state index contributed by atoms with van der Waals surface area (Å²) in [5.74, 6) is -4.25. The zero-order chi connectivity index (χ0) is 29.9. The van der Waals surface area contributed by atoms with E-state index in [1.54, 1.807) is 48.5 Å². The van der Waals surface area contributed by atoms with Crippen LogP contribution in [0.4, 0.5) is 4.79 Å². The summed E-state index contributed by atoms with van der Waals surface area (Å²) in [5.41, 5.74) is -4.77. The van der Waals surface area contributed by atoms with E-state index in [1.165, 1.54) is 14.2 Å². The number of alkyl carbamates (subject to hydrolysis) is 1. The third-order valence-electron chi connectivity index (χ3n) is 7.01. The van der Waals surface area contributed by atoms with Crippen molar-refractivity contribution in [3.8, 4) is 0 Å². The largest absolute Gasteiger partial charge is 0.479 e. The van der Waals surface area contributed by atoms with Crippen LogP contribution in [0.15, 0.2) is 0 Å². The average Bonchev–Trinajstić information content (AvgIpc) is 3.46. The summed E-state index contributed by atoms with van der Waals surface area (Å²) < 4.78 is 51.7. The Morgan fingerprint density at radius 3 is 1.65 bits per heavy atom. The van der Waals surface area contributed by atoms with Crippen LogP contribution in [0.3, 0.4) is 0 Å². The van der Waals surface area contributed by atoms with Gasteiger partial charge in [0.1, 0.15) is 30.0 Å². The van der Waals surface area contributed by atoms with Gasteiger partial charge in [-0.15, -0.1) is 0 Å². The first-order chi connectivity index (χ1) is 18.4. The van der Waals surface area contributed by atoms with Crippen molar-refractivity contribution in [3.63, 3.8) is 0 Å². The number of rotatable bonds is 8. The van der Waals surface area contributed by atoms with Gasteiger partial charge in [-0.25, -0.2) is 9.59 Å². The third-order valence-corrected chi connectivity index (χ3v) is 7.01. The smallest absolute Gasteiger partial charge is 0.407 e. The second-order valence-corrected chi connectivity index (χ2v) is 12.1. The molecule has 4 heterocycles. The molecule has 228 valence electrons. The first-order valence-corrected chi connectivity index (χ1v) is 13.0. The second kappa shape index (κ2) is 10.3. The molecular weight excluding hydrogens is 536 g/mol. The predicted molar refractivity (Wildman–Crippen MR) is 132 cm³/mol. The molecule has 0 spiro atoms. The van der Waals surface area contributed by atoms with E-state index in [1.807, 2.05) is 0 Å². The lowest BCUT2D eigenvalue weighted by Crippen LogP contribution is -2.65. The van der Waals surface area contributed by atoms with Crippen LogP contribution in [0, 0.1) is 0 Å². The molecule has 0 bridgehead atoms. The summed E-state index contributed by atoms with van der Waals surface area (Å²) in [6.45, 7) is 10.8. The molecule has 4 rings (SSSR count). The maximum absolute atomic E-state index is 13.9. The number of amides is 2. The molecule has 2 amide bonds.